The lowest BCUT2D eigenvalue weighted by molar-refractivity contribution is -0.108. The van der Waals surface area contributed by atoms with Crippen LogP contribution >= 0.6 is 90.4 Å². The van der Waals surface area contributed by atoms with Gasteiger partial charge in [0.05, 0.1) is 20.3 Å². The molecule has 0 radical (unpaired) electrons. The fourth-order valence-electron chi connectivity index (χ4n) is 1.87. The van der Waals surface area contributed by atoms with Crippen LogP contribution in [0.5, 0.6) is 17.2 Å². The molecule has 2 aromatic carbocycles. The van der Waals surface area contributed by atoms with Crippen LogP contribution in [0.2, 0.25) is 0 Å². The number of halogens is 4. The van der Waals surface area contributed by atoms with Crippen LogP contribution in [0.25, 0.3) is 0 Å². The normalized spacial score (nSPS) is 12.0. The van der Waals surface area contributed by atoms with Crippen molar-refractivity contribution < 1.29 is 14.6 Å². The third kappa shape index (κ3) is 5.28. The largest absolute Gasteiger partial charge is 0.506 e. The molecule has 122 valence electrons. The van der Waals surface area contributed by atoms with Crippen LogP contribution in [-0.2, 0) is 11.2 Å². The van der Waals surface area contributed by atoms with Gasteiger partial charge in [-0.25, -0.2) is 0 Å². The van der Waals surface area contributed by atoms with Gasteiger partial charge in [0.1, 0.15) is 17.8 Å². The van der Waals surface area contributed by atoms with Gasteiger partial charge < -0.3 is 20.4 Å². The maximum Gasteiger partial charge on any atom is 0.154 e. The summed E-state index contributed by atoms with van der Waals surface area (Å²) < 4.78 is 9.37. The minimum Gasteiger partial charge on any atom is -0.506 e. The van der Waals surface area contributed by atoms with Crippen molar-refractivity contribution in [1.82, 2.24) is 0 Å². The van der Waals surface area contributed by atoms with Crippen LogP contribution in [-0.4, -0.2) is 17.4 Å². The van der Waals surface area contributed by atoms with E-state index in [9.17, 15) is 9.90 Å². The Morgan fingerprint density at radius 3 is 2.04 bits per heavy atom. The molecule has 0 saturated heterocycles. The number of aldehydes is 1. The highest BCUT2D eigenvalue weighted by Gasteiger charge is 2.14. The monoisotopic (exact) mass is 761 g/mol. The number of hydrogen-bond donors (Lipinski definition) is 2. The number of aromatic hydroxyl groups is 1. The zero-order chi connectivity index (χ0) is 17.1. The Hall–Kier alpha value is 0.590. The van der Waals surface area contributed by atoms with Gasteiger partial charge in [-0.15, -0.1) is 0 Å². The Morgan fingerprint density at radius 1 is 1.04 bits per heavy atom. The summed E-state index contributed by atoms with van der Waals surface area (Å²) in [6.07, 6.45) is 1.26. The molecule has 4 nitrogen and oxygen atoms in total. The SMILES string of the molecule is NC(C=O)Cc1cc(I)c(Oc2cc(I)c(O)c(I)c2)c(I)c1. The fraction of sp³-hybridized carbons (Fsp3) is 0.133. The molecule has 0 fully saturated rings. The minimum atomic E-state index is -0.492. The molecule has 1 unspecified atom stereocenters. The van der Waals surface area contributed by atoms with Crippen molar-refractivity contribution in [2.24, 2.45) is 5.73 Å². The second-order valence-electron chi connectivity index (χ2n) is 4.73. The van der Waals surface area contributed by atoms with E-state index in [1.54, 1.807) is 12.1 Å². The van der Waals surface area contributed by atoms with Gasteiger partial charge in [-0.05, 0) is 127 Å². The van der Waals surface area contributed by atoms with Gasteiger partial charge in [0.25, 0.3) is 0 Å². The average molecular weight is 761 g/mol. The maximum absolute atomic E-state index is 10.7. The van der Waals surface area contributed by atoms with E-state index in [1.165, 1.54) is 0 Å². The molecule has 0 saturated carbocycles. The quantitative estimate of drug-likeness (QED) is 0.344. The smallest absolute Gasteiger partial charge is 0.154 e. The lowest BCUT2D eigenvalue weighted by Crippen LogP contribution is -2.24. The number of phenols is 1. The van der Waals surface area contributed by atoms with Crippen LogP contribution in [0.1, 0.15) is 5.56 Å². The van der Waals surface area contributed by atoms with E-state index >= 15 is 0 Å². The zero-order valence-corrected chi connectivity index (χ0v) is 20.2. The third-order valence-corrected chi connectivity index (χ3v) is 6.16. The van der Waals surface area contributed by atoms with Crippen molar-refractivity contribution in [1.29, 1.82) is 0 Å². The summed E-state index contributed by atoms with van der Waals surface area (Å²) in [5.41, 5.74) is 6.69. The van der Waals surface area contributed by atoms with Gasteiger partial charge in [0, 0.05) is 0 Å². The number of phenolic OH excluding ortho intramolecular Hbond substituents is 1. The molecule has 0 aliphatic rings. The van der Waals surface area contributed by atoms with E-state index in [0.29, 0.717) is 12.2 Å². The number of rotatable bonds is 5. The molecule has 1 atom stereocenters. The molecule has 0 aromatic heterocycles. The first kappa shape index (κ1) is 19.9. The molecule has 0 heterocycles. The summed E-state index contributed by atoms with van der Waals surface area (Å²) in [5, 5.41) is 9.84. The highest BCUT2D eigenvalue weighted by molar-refractivity contribution is 14.1. The van der Waals surface area contributed by atoms with Crippen LogP contribution in [0.3, 0.4) is 0 Å². The van der Waals surface area contributed by atoms with Gasteiger partial charge in [-0.2, -0.15) is 0 Å². The van der Waals surface area contributed by atoms with Crippen LogP contribution in [0.15, 0.2) is 24.3 Å². The molecule has 0 amide bonds. The Balaban J connectivity index is 2.32. The van der Waals surface area contributed by atoms with Gasteiger partial charge >= 0.3 is 0 Å². The van der Waals surface area contributed by atoms with Crippen LogP contribution in [0, 0.1) is 14.3 Å². The topological polar surface area (TPSA) is 72.6 Å². The minimum absolute atomic E-state index is 0.265. The van der Waals surface area contributed by atoms with E-state index in [0.717, 1.165) is 31.9 Å². The van der Waals surface area contributed by atoms with E-state index < -0.39 is 6.04 Å². The Labute approximate surface area is 188 Å². The molecule has 23 heavy (non-hydrogen) atoms. The molecule has 0 aliphatic heterocycles. The van der Waals surface area contributed by atoms with Gasteiger partial charge in [-0.3, -0.25) is 0 Å². The second kappa shape index (κ2) is 8.80. The van der Waals surface area contributed by atoms with Gasteiger partial charge in [0.15, 0.2) is 5.75 Å². The van der Waals surface area contributed by atoms with E-state index in [2.05, 4.69) is 90.4 Å². The summed E-state index contributed by atoms with van der Waals surface area (Å²) in [7, 11) is 0. The molecule has 0 bridgehead atoms. The number of carbonyl (C=O) groups excluding carboxylic acids is 1. The maximum atomic E-state index is 10.7. The average Bonchev–Trinajstić information content (AvgIpc) is 2.48. The molecule has 2 aromatic rings. The Bertz CT molecular complexity index is 705. The molecule has 8 heteroatoms. The second-order valence-corrected chi connectivity index (χ2v) is 9.38. The number of hydrogen-bond acceptors (Lipinski definition) is 4. The first-order valence-corrected chi connectivity index (χ1v) is 10.7. The van der Waals surface area contributed by atoms with Crippen molar-refractivity contribution in [2.75, 3.05) is 0 Å². The van der Waals surface area contributed by atoms with Gasteiger partial charge in [0.2, 0.25) is 0 Å². The standard InChI is InChI=1S/C15H11I4NO3/c16-10-4-9(5-11(17)14(10)22)23-15-12(18)2-7(3-13(15)19)1-8(20)6-21/h2-6,8,22H,1,20H2. The fourth-order valence-corrected chi connectivity index (χ4v) is 5.70. The number of ether oxygens (including phenoxy) is 1. The molecular weight excluding hydrogens is 750 g/mol. The number of benzene rings is 2. The Kier molecular flexibility index (Phi) is 7.62. The molecule has 0 spiro atoms. The third-order valence-electron chi connectivity index (χ3n) is 2.91. The predicted molar refractivity (Wildman–Crippen MR) is 123 cm³/mol. The number of carbonyl (C=O) groups is 1. The van der Waals surface area contributed by atoms with Crippen LogP contribution in [0.4, 0.5) is 0 Å². The molecule has 2 rings (SSSR count). The predicted octanol–water partition coefficient (Wildman–Crippen LogP) is 4.67. The molecule has 0 aliphatic carbocycles. The van der Waals surface area contributed by atoms with Crippen molar-refractivity contribution in [3.8, 4) is 17.2 Å². The van der Waals surface area contributed by atoms with Crippen molar-refractivity contribution in [3.05, 3.63) is 44.1 Å². The molecule has 3 N–H and O–H groups in total. The first-order valence-electron chi connectivity index (χ1n) is 6.36. The summed E-state index contributed by atoms with van der Waals surface area (Å²) in [4.78, 5) is 10.7. The van der Waals surface area contributed by atoms with Gasteiger partial charge in [-0.1, -0.05) is 0 Å². The van der Waals surface area contributed by atoms with E-state index in [1.807, 2.05) is 12.1 Å². The molecular formula is C15H11I4NO3. The van der Waals surface area contributed by atoms with Crippen LogP contribution < -0.4 is 10.5 Å². The highest BCUT2D eigenvalue weighted by atomic mass is 127. The summed E-state index contributed by atoms with van der Waals surface area (Å²) in [6, 6.07) is 7.03. The lowest BCUT2D eigenvalue weighted by Gasteiger charge is -2.14. The first-order chi connectivity index (χ1) is 10.8. The van der Waals surface area contributed by atoms with Crippen molar-refractivity contribution in [2.45, 2.75) is 12.5 Å². The summed E-state index contributed by atoms with van der Waals surface area (Å²) in [5.74, 6) is 1.69. The highest BCUT2D eigenvalue weighted by Crippen LogP contribution is 2.36. The summed E-state index contributed by atoms with van der Waals surface area (Å²) >= 11 is 8.56. The van der Waals surface area contributed by atoms with E-state index in [4.69, 9.17) is 10.5 Å². The summed E-state index contributed by atoms with van der Waals surface area (Å²) in [6.45, 7) is 0. The van der Waals surface area contributed by atoms with Crippen molar-refractivity contribution in [3.63, 3.8) is 0 Å². The van der Waals surface area contributed by atoms with E-state index in [-0.39, 0.29) is 5.75 Å². The lowest BCUT2D eigenvalue weighted by atomic mass is 10.1. The zero-order valence-electron chi connectivity index (χ0n) is 11.5. The van der Waals surface area contributed by atoms with Crippen molar-refractivity contribution >= 4 is 96.6 Å². The number of nitrogens with two attached hydrogens (primary N) is 1. The Morgan fingerprint density at radius 2 is 1.57 bits per heavy atom.